The van der Waals surface area contributed by atoms with Crippen molar-refractivity contribution in [2.75, 3.05) is 20.2 Å². The predicted octanol–water partition coefficient (Wildman–Crippen LogP) is 1.23. The molecule has 1 aromatic carbocycles. The monoisotopic (exact) mass is 292 g/mol. The Labute approximate surface area is 124 Å². The van der Waals surface area contributed by atoms with Gasteiger partial charge < -0.3 is 20.1 Å². The van der Waals surface area contributed by atoms with E-state index in [0.29, 0.717) is 0 Å². The number of carbonyl (C=O) groups excluding carboxylic acids is 2. The number of hydrogen-bond donors (Lipinski definition) is 2. The maximum Gasteiger partial charge on any atom is 0.408 e. The average Bonchev–Trinajstić information content (AvgIpc) is 2.51. The molecule has 1 amide bonds. The summed E-state index contributed by atoms with van der Waals surface area (Å²) >= 11 is 0. The van der Waals surface area contributed by atoms with Crippen molar-refractivity contribution in [1.82, 2.24) is 10.6 Å². The van der Waals surface area contributed by atoms with Gasteiger partial charge in [0.25, 0.3) is 0 Å². The second-order valence-corrected chi connectivity index (χ2v) is 4.24. The molecule has 0 aliphatic rings. The summed E-state index contributed by atoms with van der Waals surface area (Å²) in [5, 5.41) is 5.27. The van der Waals surface area contributed by atoms with Gasteiger partial charge in [-0.15, -0.1) is 0 Å². The van der Waals surface area contributed by atoms with Crippen molar-refractivity contribution < 1.29 is 19.1 Å². The highest BCUT2D eigenvalue weighted by molar-refractivity contribution is 5.81. The number of rotatable bonds is 8. The van der Waals surface area contributed by atoms with Gasteiger partial charge in [-0.2, -0.15) is 0 Å². The lowest BCUT2D eigenvalue weighted by atomic mass is 10.2. The van der Waals surface area contributed by atoms with E-state index in [1.54, 1.807) is 7.05 Å². The summed E-state index contributed by atoms with van der Waals surface area (Å²) in [7, 11) is 1.67. The lowest BCUT2D eigenvalue weighted by Crippen LogP contribution is -2.47. The molecule has 6 nitrogen and oxygen atoms in total. The van der Waals surface area contributed by atoms with E-state index in [0.717, 1.165) is 5.56 Å². The SMILES string of the molecule is C=CCOC(=O)[C@@H](CNC)NC(=O)OCc1ccccc1. The molecular weight excluding hydrogens is 272 g/mol. The van der Waals surface area contributed by atoms with Gasteiger partial charge in [-0.05, 0) is 12.6 Å². The van der Waals surface area contributed by atoms with E-state index in [1.165, 1.54) is 6.08 Å². The molecule has 0 fully saturated rings. The van der Waals surface area contributed by atoms with Crippen LogP contribution in [0.1, 0.15) is 5.56 Å². The summed E-state index contributed by atoms with van der Waals surface area (Å²) in [5.74, 6) is -0.541. The van der Waals surface area contributed by atoms with E-state index in [2.05, 4.69) is 17.2 Å². The molecule has 0 spiro atoms. The number of alkyl carbamates (subject to hydrolysis) is 1. The van der Waals surface area contributed by atoms with Crippen LogP contribution in [0.25, 0.3) is 0 Å². The lowest BCUT2D eigenvalue weighted by Gasteiger charge is -2.16. The standard InChI is InChI=1S/C15H20N2O4/c1-3-9-20-14(18)13(10-16-2)17-15(19)21-11-12-7-5-4-6-8-12/h3-8,13,16H,1,9-11H2,2H3,(H,17,19)/t13-/m1/s1. The van der Waals surface area contributed by atoms with E-state index in [9.17, 15) is 9.59 Å². The fourth-order valence-corrected chi connectivity index (χ4v) is 1.55. The van der Waals surface area contributed by atoms with Crippen LogP contribution in [0.5, 0.6) is 0 Å². The van der Waals surface area contributed by atoms with Crippen LogP contribution in [-0.4, -0.2) is 38.3 Å². The summed E-state index contributed by atoms with van der Waals surface area (Å²) in [6, 6.07) is 8.47. The molecule has 0 heterocycles. The second-order valence-electron chi connectivity index (χ2n) is 4.24. The van der Waals surface area contributed by atoms with Crippen LogP contribution in [0.15, 0.2) is 43.0 Å². The molecule has 1 atom stereocenters. The first-order chi connectivity index (χ1) is 10.2. The van der Waals surface area contributed by atoms with E-state index >= 15 is 0 Å². The van der Waals surface area contributed by atoms with Gasteiger partial charge in [-0.1, -0.05) is 43.0 Å². The van der Waals surface area contributed by atoms with Gasteiger partial charge in [0.2, 0.25) is 0 Å². The van der Waals surface area contributed by atoms with Crippen molar-refractivity contribution >= 4 is 12.1 Å². The number of carbonyl (C=O) groups is 2. The van der Waals surface area contributed by atoms with Crippen LogP contribution < -0.4 is 10.6 Å². The van der Waals surface area contributed by atoms with Gasteiger partial charge in [0, 0.05) is 6.54 Å². The normalized spacial score (nSPS) is 11.3. The molecular formula is C15H20N2O4. The molecule has 0 unspecified atom stereocenters. The Bertz CT molecular complexity index is 462. The van der Waals surface area contributed by atoms with Crippen molar-refractivity contribution in [3.63, 3.8) is 0 Å². The molecule has 6 heteroatoms. The molecule has 0 bridgehead atoms. The third-order valence-electron chi connectivity index (χ3n) is 2.54. The topological polar surface area (TPSA) is 76.7 Å². The number of hydrogen-bond acceptors (Lipinski definition) is 5. The fourth-order valence-electron chi connectivity index (χ4n) is 1.55. The first-order valence-electron chi connectivity index (χ1n) is 6.56. The van der Waals surface area contributed by atoms with Crippen LogP contribution in [0.2, 0.25) is 0 Å². The Balaban J connectivity index is 2.44. The van der Waals surface area contributed by atoms with E-state index < -0.39 is 18.1 Å². The van der Waals surface area contributed by atoms with Gasteiger partial charge in [0.05, 0.1) is 0 Å². The third-order valence-corrected chi connectivity index (χ3v) is 2.54. The van der Waals surface area contributed by atoms with E-state index in [1.807, 2.05) is 30.3 Å². The molecule has 1 aromatic rings. The van der Waals surface area contributed by atoms with Gasteiger partial charge in [-0.3, -0.25) is 0 Å². The maximum absolute atomic E-state index is 11.7. The Morgan fingerprint density at radius 1 is 1.29 bits per heavy atom. The Kier molecular flexibility index (Phi) is 7.60. The highest BCUT2D eigenvalue weighted by Gasteiger charge is 2.21. The number of nitrogens with one attached hydrogen (secondary N) is 2. The van der Waals surface area contributed by atoms with Crippen molar-refractivity contribution in [3.05, 3.63) is 48.6 Å². The van der Waals surface area contributed by atoms with Gasteiger partial charge >= 0.3 is 12.1 Å². The van der Waals surface area contributed by atoms with Crippen molar-refractivity contribution in [3.8, 4) is 0 Å². The van der Waals surface area contributed by atoms with Crippen molar-refractivity contribution in [2.24, 2.45) is 0 Å². The average molecular weight is 292 g/mol. The highest BCUT2D eigenvalue weighted by Crippen LogP contribution is 2.01. The highest BCUT2D eigenvalue weighted by atomic mass is 16.6. The number of amides is 1. The summed E-state index contributed by atoms with van der Waals surface area (Å²) in [6.07, 6.45) is 0.789. The molecule has 0 saturated heterocycles. The zero-order chi connectivity index (χ0) is 15.5. The van der Waals surface area contributed by atoms with Crippen LogP contribution in [0, 0.1) is 0 Å². The zero-order valence-electron chi connectivity index (χ0n) is 12.0. The van der Waals surface area contributed by atoms with Crippen LogP contribution in [-0.2, 0) is 20.9 Å². The largest absolute Gasteiger partial charge is 0.460 e. The summed E-state index contributed by atoms with van der Waals surface area (Å²) in [5.41, 5.74) is 0.868. The van der Waals surface area contributed by atoms with Crippen molar-refractivity contribution in [1.29, 1.82) is 0 Å². The minimum Gasteiger partial charge on any atom is -0.460 e. The fraction of sp³-hybridized carbons (Fsp3) is 0.333. The minimum absolute atomic E-state index is 0.0970. The molecule has 2 N–H and O–H groups in total. The van der Waals surface area contributed by atoms with Crippen LogP contribution in [0.3, 0.4) is 0 Å². The molecule has 21 heavy (non-hydrogen) atoms. The Hall–Kier alpha value is -2.34. The molecule has 114 valence electrons. The third kappa shape index (κ3) is 6.58. The molecule has 0 aliphatic heterocycles. The number of likely N-dealkylation sites (N-methyl/N-ethyl adjacent to an activating group) is 1. The van der Waals surface area contributed by atoms with E-state index in [-0.39, 0.29) is 19.8 Å². The molecule has 0 aromatic heterocycles. The maximum atomic E-state index is 11.7. The molecule has 0 radical (unpaired) electrons. The molecule has 0 aliphatic carbocycles. The van der Waals surface area contributed by atoms with Crippen molar-refractivity contribution in [2.45, 2.75) is 12.6 Å². The minimum atomic E-state index is -0.807. The summed E-state index contributed by atoms with van der Waals surface area (Å²) in [6.45, 7) is 3.94. The van der Waals surface area contributed by atoms with Gasteiger partial charge in [0.1, 0.15) is 19.3 Å². The number of esters is 1. The first-order valence-corrected chi connectivity index (χ1v) is 6.56. The van der Waals surface area contributed by atoms with Crippen LogP contribution in [0.4, 0.5) is 4.79 Å². The number of benzene rings is 1. The summed E-state index contributed by atoms with van der Waals surface area (Å²) < 4.78 is 9.96. The smallest absolute Gasteiger partial charge is 0.408 e. The summed E-state index contributed by atoms with van der Waals surface area (Å²) in [4.78, 5) is 23.4. The lowest BCUT2D eigenvalue weighted by molar-refractivity contribution is -0.144. The quantitative estimate of drug-likeness (QED) is 0.557. The Morgan fingerprint density at radius 2 is 2.00 bits per heavy atom. The molecule has 0 saturated carbocycles. The molecule has 1 rings (SSSR count). The predicted molar refractivity (Wildman–Crippen MR) is 78.6 cm³/mol. The number of ether oxygens (including phenoxy) is 2. The van der Waals surface area contributed by atoms with Crippen LogP contribution >= 0.6 is 0 Å². The van der Waals surface area contributed by atoms with E-state index in [4.69, 9.17) is 9.47 Å². The first kappa shape index (κ1) is 16.7. The van der Waals surface area contributed by atoms with Gasteiger partial charge in [0.15, 0.2) is 0 Å². The Morgan fingerprint density at radius 3 is 2.62 bits per heavy atom. The zero-order valence-corrected chi connectivity index (χ0v) is 12.0. The second kappa shape index (κ2) is 9.55. The van der Waals surface area contributed by atoms with Gasteiger partial charge in [-0.25, -0.2) is 9.59 Å².